The lowest BCUT2D eigenvalue weighted by molar-refractivity contribution is -0.143. The lowest BCUT2D eigenvalue weighted by atomic mass is 10.1. The summed E-state index contributed by atoms with van der Waals surface area (Å²) in [4.78, 5) is 29.1. The largest absolute Gasteiger partial charge is 0.481 e. The van der Waals surface area contributed by atoms with E-state index in [-0.39, 0.29) is 22.8 Å². The lowest BCUT2D eigenvalue weighted by Gasteiger charge is -2.21. The average Bonchev–Trinajstić information content (AvgIpc) is 3.14. The maximum atomic E-state index is 14.1. The van der Waals surface area contributed by atoms with Crippen LogP contribution in [0, 0.1) is 23.4 Å². The van der Waals surface area contributed by atoms with Crippen LogP contribution in [0.1, 0.15) is 65.2 Å². The first kappa shape index (κ1) is 24.1. The number of carbonyl (C=O) groups excluding carboxylic acids is 1. The van der Waals surface area contributed by atoms with E-state index < -0.39 is 40.8 Å². The van der Waals surface area contributed by atoms with Crippen molar-refractivity contribution in [3.8, 4) is 0 Å². The van der Waals surface area contributed by atoms with Crippen molar-refractivity contribution in [3.05, 3.63) is 23.5 Å². The molecule has 9 heteroatoms. The molecule has 1 amide bonds. The van der Waals surface area contributed by atoms with Gasteiger partial charge in [0.2, 0.25) is 5.91 Å². The number of hydrogen-bond donors (Lipinski definition) is 1. The summed E-state index contributed by atoms with van der Waals surface area (Å²) in [5, 5.41) is 9.14. The van der Waals surface area contributed by atoms with Gasteiger partial charge < -0.3 is 5.11 Å². The summed E-state index contributed by atoms with van der Waals surface area (Å²) in [6.07, 6.45) is 6.82. The smallest absolute Gasteiger partial charge is 0.306 e. The van der Waals surface area contributed by atoms with Crippen LogP contribution in [0.4, 0.5) is 18.3 Å². The first-order valence-electron chi connectivity index (χ1n) is 10.2. The molecule has 30 heavy (non-hydrogen) atoms. The maximum absolute atomic E-state index is 14.1. The highest BCUT2D eigenvalue weighted by Crippen LogP contribution is 2.34. The molecule has 0 spiro atoms. The van der Waals surface area contributed by atoms with Crippen LogP contribution >= 0.6 is 11.3 Å². The minimum absolute atomic E-state index is 0.0435. The molecule has 0 radical (unpaired) electrons. The minimum Gasteiger partial charge on any atom is -0.481 e. The Morgan fingerprint density at radius 3 is 2.37 bits per heavy atom. The van der Waals surface area contributed by atoms with Gasteiger partial charge >= 0.3 is 5.97 Å². The Morgan fingerprint density at radius 1 is 1.10 bits per heavy atom. The summed E-state index contributed by atoms with van der Waals surface area (Å²) in [7, 11) is 0. The number of nitrogens with zero attached hydrogens (tertiary/aromatic N) is 2. The molecule has 5 nitrogen and oxygen atoms in total. The van der Waals surface area contributed by atoms with Gasteiger partial charge in [0.05, 0.1) is 10.6 Å². The number of carboxylic acids is 1. The van der Waals surface area contributed by atoms with Gasteiger partial charge in [0.25, 0.3) is 0 Å². The second kappa shape index (κ2) is 11.3. The zero-order valence-corrected chi connectivity index (χ0v) is 18.0. The number of carboxylic acid groups (broad SMARTS) is 1. The van der Waals surface area contributed by atoms with E-state index in [1.165, 1.54) is 18.2 Å². The molecule has 0 saturated carbocycles. The third-order valence-corrected chi connectivity index (χ3v) is 6.01. The van der Waals surface area contributed by atoms with Crippen molar-refractivity contribution in [1.29, 1.82) is 0 Å². The Balaban J connectivity index is 2.19. The van der Waals surface area contributed by atoms with Gasteiger partial charge in [-0.1, -0.05) is 63.7 Å². The number of amides is 1. The van der Waals surface area contributed by atoms with Crippen LogP contribution in [0.3, 0.4) is 0 Å². The second-order valence-corrected chi connectivity index (χ2v) is 8.42. The molecular formula is C21H27F3N2O3S. The fourth-order valence-electron chi connectivity index (χ4n) is 3.10. The van der Waals surface area contributed by atoms with Crippen molar-refractivity contribution in [1.82, 2.24) is 4.98 Å². The molecule has 1 unspecified atom stereocenters. The molecule has 0 aliphatic carbocycles. The quantitative estimate of drug-likeness (QED) is 0.326. The molecular weight excluding hydrogens is 417 g/mol. The first-order valence-corrected chi connectivity index (χ1v) is 11.0. The molecule has 0 fully saturated rings. The topological polar surface area (TPSA) is 70.5 Å². The number of unbranched alkanes of at least 4 members (excludes halogenated alkanes) is 6. The molecule has 2 aromatic rings. The fraction of sp³-hybridized carbons (Fsp3) is 0.571. The van der Waals surface area contributed by atoms with Crippen LogP contribution in [-0.4, -0.2) is 28.5 Å². The van der Waals surface area contributed by atoms with Crippen molar-refractivity contribution in [2.45, 2.75) is 65.2 Å². The van der Waals surface area contributed by atoms with E-state index in [2.05, 4.69) is 11.9 Å². The van der Waals surface area contributed by atoms with Gasteiger partial charge in [-0.05, 0) is 6.42 Å². The Labute approximate surface area is 177 Å². The van der Waals surface area contributed by atoms with Crippen molar-refractivity contribution >= 4 is 38.6 Å². The number of aliphatic carboxylic acids is 1. The van der Waals surface area contributed by atoms with Crippen molar-refractivity contribution in [2.24, 2.45) is 5.92 Å². The van der Waals surface area contributed by atoms with E-state index in [1.807, 2.05) is 0 Å². The lowest BCUT2D eigenvalue weighted by Crippen LogP contribution is -2.34. The first-order chi connectivity index (χ1) is 14.3. The molecule has 1 aromatic carbocycles. The Hall–Kier alpha value is -2.16. The molecule has 1 N–H and O–H groups in total. The molecule has 0 aliphatic heterocycles. The molecule has 1 heterocycles. The Morgan fingerprint density at radius 2 is 1.73 bits per heavy atom. The zero-order valence-electron chi connectivity index (χ0n) is 17.2. The number of thiazole rings is 1. The summed E-state index contributed by atoms with van der Waals surface area (Å²) in [6.45, 7) is 3.81. The van der Waals surface area contributed by atoms with Crippen LogP contribution in [0.5, 0.6) is 0 Å². The van der Waals surface area contributed by atoms with Crippen LogP contribution in [0.25, 0.3) is 10.2 Å². The SMILES string of the molecule is CCCCCCCCCN(C(=O)CC(C)C(=O)O)c1nc2c(F)c(F)cc(F)c2s1. The van der Waals surface area contributed by atoms with Crippen molar-refractivity contribution in [2.75, 3.05) is 11.4 Å². The summed E-state index contributed by atoms with van der Waals surface area (Å²) in [6, 6.07) is 0.453. The number of fused-ring (bicyclic) bond motifs is 1. The highest BCUT2D eigenvalue weighted by Gasteiger charge is 2.26. The average molecular weight is 445 g/mol. The number of benzene rings is 1. The number of halogens is 3. The van der Waals surface area contributed by atoms with Gasteiger partial charge in [0.15, 0.2) is 16.8 Å². The number of rotatable bonds is 12. The molecule has 0 saturated heterocycles. The monoisotopic (exact) mass is 444 g/mol. The predicted octanol–water partition coefficient (Wildman–Crippen LogP) is 5.91. The number of hydrogen-bond acceptors (Lipinski definition) is 4. The molecule has 1 atom stereocenters. The third kappa shape index (κ3) is 6.17. The fourth-order valence-corrected chi connectivity index (χ4v) is 4.11. The Bertz CT molecular complexity index is 888. The summed E-state index contributed by atoms with van der Waals surface area (Å²) in [5.74, 6) is -6.07. The van der Waals surface area contributed by atoms with Gasteiger partial charge in [-0.25, -0.2) is 18.2 Å². The third-order valence-electron chi connectivity index (χ3n) is 4.92. The minimum atomic E-state index is -1.35. The van der Waals surface area contributed by atoms with E-state index in [4.69, 9.17) is 5.11 Å². The Kier molecular flexibility index (Phi) is 9.08. The molecule has 0 aliphatic rings. The highest BCUT2D eigenvalue weighted by atomic mass is 32.1. The van der Waals surface area contributed by atoms with Gasteiger partial charge in [-0.15, -0.1) is 0 Å². The highest BCUT2D eigenvalue weighted by molar-refractivity contribution is 7.22. The zero-order chi connectivity index (χ0) is 22.3. The van der Waals surface area contributed by atoms with Crippen molar-refractivity contribution in [3.63, 3.8) is 0 Å². The normalized spacial score (nSPS) is 12.3. The van der Waals surface area contributed by atoms with Gasteiger partial charge in [0.1, 0.15) is 11.3 Å². The molecule has 0 bridgehead atoms. The van der Waals surface area contributed by atoms with Gasteiger partial charge in [-0.3, -0.25) is 14.5 Å². The molecule has 1 aromatic heterocycles. The van der Waals surface area contributed by atoms with Crippen molar-refractivity contribution < 1.29 is 27.9 Å². The molecule has 166 valence electrons. The molecule has 2 rings (SSSR count). The van der Waals surface area contributed by atoms with E-state index in [0.29, 0.717) is 12.5 Å². The number of aromatic nitrogens is 1. The predicted molar refractivity (Wildman–Crippen MR) is 111 cm³/mol. The summed E-state index contributed by atoms with van der Waals surface area (Å²) in [5.41, 5.74) is -0.462. The van der Waals surface area contributed by atoms with Crippen LogP contribution in [0.15, 0.2) is 6.07 Å². The van der Waals surface area contributed by atoms with Crippen LogP contribution in [0.2, 0.25) is 0 Å². The van der Waals surface area contributed by atoms with E-state index in [1.54, 1.807) is 0 Å². The number of anilines is 1. The summed E-state index contributed by atoms with van der Waals surface area (Å²) >= 11 is 0.758. The van der Waals surface area contributed by atoms with Crippen LogP contribution < -0.4 is 4.90 Å². The van der Waals surface area contributed by atoms with Crippen LogP contribution in [-0.2, 0) is 9.59 Å². The van der Waals surface area contributed by atoms with Gasteiger partial charge in [-0.2, -0.15) is 0 Å². The standard InChI is InChI=1S/C21H27F3N2O3S/c1-3-4-5-6-7-8-9-10-26(16(27)11-13(2)20(28)29)21-25-18-17(24)14(22)12-15(23)19(18)30-21/h12-13H,3-11H2,1-2H3,(H,28,29). The van der Waals surface area contributed by atoms with Gasteiger partial charge in [0, 0.05) is 19.0 Å². The summed E-state index contributed by atoms with van der Waals surface area (Å²) < 4.78 is 41.5. The number of carbonyl (C=O) groups is 2. The van der Waals surface area contributed by atoms with E-state index >= 15 is 0 Å². The maximum Gasteiger partial charge on any atom is 0.306 e. The van der Waals surface area contributed by atoms with E-state index in [0.717, 1.165) is 43.4 Å². The van der Waals surface area contributed by atoms with E-state index in [9.17, 15) is 22.8 Å². The second-order valence-electron chi connectivity index (χ2n) is 7.44.